The van der Waals surface area contributed by atoms with Gasteiger partial charge in [-0.3, -0.25) is 5.32 Å². The van der Waals surface area contributed by atoms with E-state index < -0.39 is 5.97 Å². The van der Waals surface area contributed by atoms with E-state index in [4.69, 9.17) is 5.11 Å². The SMILES string of the molecule is CCNC(=O)Nc1ccc2ncc(Nc3cc(C(=O)O)ccc3O)nc2n1. The van der Waals surface area contributed by atoms with E-state index in [2.05, 4.69) is 30.9 Å². The molecule has 0 bridgehead atoms. The summed E-state index contributed by atoms with van der Waals surface area (Å²) in [4.78, 5) is 35.4. The molecule has 5 N–H and O–H groups in total. The number of amides is 2. The van der Waals surface area contributed by atoms with E-state index in [0.717, 1.165) is 0 Å². The van der Waals surface area contributed by atoms with Crippen molar-refractivity contribution in [3.63, 3.8) is 0 Å². The van der Waals surface area contributed by atoms with Gasteiger partial charge in [0.15, 0.2) is 11.5 Å². The molecule has 0 radical (unpaired) electrons. The van der Waals surface area contributed by atoms with Crippen molar-refractivity contribution in [1.29, 1.82) is 0 Å². The predicted molar refractivity (Wildman–Crippen MR) is 98.4 cm³/mol. The van der Waals surface area contributed by atoms with Gasteiger partial charge in [0, 0.05) is 6.54 Å². The lowest BCUT2D eigenvalue weighted by atomic mass is 10.2. The molecule has 0 unspecified atom stereocenters. The second kappa shape index (κ2) is 7.52. The molecule has 3 aromatic rings. The van der Waals surface area contributed by atoms with E-state index in [9.17, 15) is 14.7 Å². The first-order valence-electron chi connectivity index (χ1n) is 7.98. The molecule has 0 aliphatic heterocycles. The largest absolute Gasteiger partial charge is 0.506 e. The number of rotatable bonds is 5. The van der Waals surface area contributed by atoms with Gasteiger partial charge in [-0.05, 0) is 37.3 Å². The van der Waals surface area contributed by atoms with E-state index in [-0.39, 0.29) is 34.5 Å². The molecule has 1 aromatic carbocycles. The molecule has 138 valence electrons. The average molecular weight is 368 g/mol. The number of carboxylic acid groups (broad SMARTS) is 1. The summed E-state index contributed by atoms with van der Waals surface area (Å²) in [6.45, 7) is 2.28. The van der Waals surface area contributed by atoms with Crippen LogP contribution in [0.25, 0.3) is 11.2 Å². The number of anilines is 3. The highest BCUT2D eigenvalue weighted by Crippen LogP contribution is 2.27. The minimum Gasteiger partial charge on any atom is -0.506 e. The van der Waals surface area contributed by atoms with Gasteiger partial charge < -0.3 is 20.8 Å². The number of hydrogen-bond acceptors (Lipinski definition) is 7. The van der Waals surface area contributed by atoms with Gasteiger partial charge in [-0.1, -0.05) is 0 Å². The van der Waals surface area contributed by atoms with Gasteiger partial charge in [0.25, 0.3) is 0 Å². The smallest absolute Gasteiger partial charge is 0.335 e. The summed E-state index contributed by atoms with van der Waals surface area (Å²) in [7, 11) is 0. The second-order valence-corrected chi connectivity index (χ2v) is 5.44. The Balaban J connectivity index is 1.88. The summed E-state index contributed by atoms with van der Waals surface area (Å²) in [6, 6.07) is 6.71. The molecule has 0 saturated carbocycles. The van der Waals surface area contributed by atoms with Gasteiger partial charge in [-0.2, -0.15) is 0 Å². The third-order valence-corrected chi connectivity index (χ3v) is 3.49. The number of aromatic hydroxyl groups is 1. The zero-order valence-electron chi connectivity index (χ0n) is 14.2. The van der Waals surface area contributed by atoms with Crippen molar-refractivity contribution in [2.75, 3.05) is 17.2 Å². The Morgan fingerprint density at radius 3 is 2.63 bits per heavy atom. The van der Waals surface area contributed by atoms with E-state index in [0.29, 0.717) is 17.9 Å². The maximum atomic E-state index is 11.6. The van der Waals surface area contributed by atoms with Crippen LogP contribution in [0, 0.1) is 0 Å². The van der Waals surface area contributed by atoms with E-state index in [1.54, 1.807) is 19.1 Å². The van der Waals surface area contributed by atoms with Crippen LogP contribution in [0.2, 0.25) is 0 Å². The van der Waals surface area contributed by atoms with Crippen LogP contribution in [0.5, 0.6) is 5.75 Å². The number of carbonyl (C=O) groups is 2. The number of benzene rings is 1. The van der Waals surface area contributed by atoms with Crippen LogP contribution in [0.4, 0.5) is 22.1 Å². The number of aromatic carboxylic acids is 1. The summed E-state index contributed by atoms with van der Waals surface area (Å²) in [5, 5.41) is 27.0. The molecule has 0 spiro atoms. The number of hydrogen-bond donors (Lipinski definition) is 5. The average Bonchev–Trinajstić information content (AvgIpc) is 2.63. The lowest BCUT2D eigenvalue weighted by molar-refractivity contribution is 0.0697. The van der Waals surface area contributed by atoms with Crippen LogP contribution in [-0.4, -0.2) is 43.7 Å². The topological polar surface area (TPSA) is 149 Å². The maximum absolute atomic E-state index is 11.6. The van der Waals surface area contributed by atoms with Gasteiger partial charge >= 0.3 is 12.0 Å². The van der Waals surface area contributed by atoms with Crippen LogP contribution in [0.3, 0.4) is 0 Å². The summed E-state index contributed by atoms with van der Waals surface area (Å²) < 4.78 is 0. The number of fused-ring (bicyclic) bond motifs is 1. The lowest BCUT2D eigenvalue weighted by Crippen LogP contribution is -2.28. The van der Waals surface area contributed by atoms with Crippen LogP contribution >= 0.6 is 0 Å². The number of pyridine rings is 1. The van der Waals surface area contributed by atoms with Crippen molar-refractivity contribution in [2.24, 2.45) is 0 Å². The fourth-order valence-corrected chi connectivity index (χ4v) is 2.26. The van der Waals surface area contributed by atoms with Crippen molar-refractivity contribution in [1.82, 2.24) is 20.3 Å². The quantitative estimate of drug-likeness (QED) is 0.431. The summed E-state index contributed by atoms with van der Waals surface area (Å²) in [5.41, 5.74) is 0.949. The molecular weight excluding hydrogens is 352 g/mol. The molecule has 10 nitrogen and oxygen atoms in total. The molecule has 0 atom stereocenters. The number of urea groups is 1. The van der Waals surface area contributed by atoms with E-state index in [1.807, 2.05) is 0 Å². The van der Waals surface area contributed by atoms with Crippen molar-refractivity contribution in [3.8, 4) is 5.75 Å². The van der Waals surface area contributed by atoms with Crippen LogP contribution in [0.1, 0.15) is 17.3 Å². The van der Waals surface area contributed by atoms with Gasteiger partial charge in [0.2, 0.25) is 0 Å². The number of aromatic nitrogens is 3. The first-order chi connectivity index (χ1) is 13.0. The Morgan fingerprint density at radius 2 is 1.89 bits per heavy atom. The Hall–Kier alpha value is -3.95. The van der Waals surface area contributed by atoms with Gasteiger partial charge in [-0.25, -0.2) is 24.5 Å². The molecule has 0 aliphatic rings. The highest BCUT2D eigenvalue weighted by atomic mass is 16.4. The number of nitrogens with one attached hydrogen (secondary N) is 3. The number of phenols is 1. The third kappa shape index (κ3) is 4.18. The van der Waals surface area contributed by atoms with Crippen LogP contribution in [0.15, 0.2) is 36.5 Å². The van der Waals surface area contributed by atoms with Crippen LogP contribution < -0.4 is 16.0 Å². The van der Waals surface area contributed by atoms with E-state index >= 15 is 0 Å². The molecule has 0 aliphatic carbocycles. The highest BCUT2D eigenvalue weighted by molar-refractivity contribution is 5.90. The monoisotopic (exact) mass is 368 g/mol. The minimum atomic E-state index is -1.12. The second-order valence-electron chi connectivity index (χ2n) is 5.44. The number of phenolic OH excluding ortho intramolecular Hbond substituents is 1. The molecule has 0 saturated heterocycles. The molecule has 3 rings (SSSR count). The molecule has 2 amide bonds. The molecule has 2 aromatic heterocycles. The zero-order chi connectivity index (χ0) is 19.4. The molecule has 10 heteroatoms. The number of carboxylic acids is 1. The Labute approximate surface area is 153 Å². The predicted octanol–water partition coefficient (Wildman–Crippen LogP) is 2.31. The van der Waals surface area contributed by atoms with Crippen LogP contribution in [-0.2, 0) is 0 Å². The first-order valence-corrected chi connectivity index (χ1v) is 7.98. The molecule has 2 heterocycles. The maximum Gasteiger partial charge on any atom is 0.335 e. The number of nitrogens with zero attached hydrogens (tertiary/aromatic N) is 3. The zero-order valence-corrected chi connectivity index (χ0v) is 14.2. The third-order valence-electron chi connectivity index (χ3n) is 3.49. The lowest BCUT2D eigenvalue weighted by Gasteiger charge is -2.09. The Kier molecular flexibility index (Phi) is 4.97. The Bertz CT molecular complexity index is 1020. The van der Waals surface area contributed by atoms with Crippen molar-refractivity contribution < 1.29 is 19.8 Å². The highest BCUT2D eigenvalue weighted by Gasteiger charge is 2.10. The normalized spacial score (nSPS) is 10.4. The van der Waals surface area contributed by atoms with Crippen molar-refractivity contribution in [3.05, 3.63) is 42.1 Å². The summed E-state index contributed by atoms with van der Waals surface area (Å²) in [5.74, 6) is -0.703. The number of carbonyl (C=O) groups excluding carboxylic acids is 1. The summed E-state index contributed by atoms with van der Waals surface area (Å²) in [6.07, 6.45) is 1.42. The molecule has 0 fully saturated rings. The van der Waals surface area contributed by atoms with Crippen molar-refractivity contribution in [2.45, 2.75) is 6.92 Å². The fraction of sp³-hybridized carbons (Fsp3) is 0.118. The van der Waals surface area contributed by atoms with E-state index in [1.165, 1.54) is 24.4 Å². The van der Waals surface area contributed by atoms with Crippen molar-refractivity contribution >= 4 is 40.5 Å². The first kappa shape index (κ1) is 17.9. The minimum absolute atomic E-state index is 0.00981. The molecular formula is C17H16N6O4. The van der Waals surface area contributed by atoms with Gasteiger partial charge in [0.05, 0.1) is 17.4 Å². The van der Waals surface area contributed by atoms with Gasteiger partial charge in [-0.15, -0.1) is 0 Å². The summed E-state index contributed by atoms with van der Waals surface area (Å²) >= 11 is 0. The fourth-order valence-electron chi connectivity index (χ4n) is 2.26. The standard InChI is InChI=1S/C17H16N6O4/c1-2-18-17(27)23-13-6-4-10-15(21-13)22-14(8-19-10)20-11-7-9(16(25)26)3-5-12(11)24/h3-8,24H,2H2,1H3,(H,25,26)(H3,18,20,21,22,23,27). The molecule has 27 heavy (non-hydrogen) atoms. The Morgan fingerprint density at radius 1 is 1.11 bits per heavy atom. The van der Waals surface area contributed by atoms with Gasteiger partial charge in [0.1, 0.15) is 17.1 Å².